The molecule has 3 rings (SSSR count). The number of amides is 1. The smallest absolute Gasteiger partial charge is 0.254 e. The summed E-state index contributed by atoms with van der Waals surface area (Å²) in [6.45, 7) is 2.75. The second-order valence-corrected chi connectivity index (χ2v) is 6.47. The van der Waals surface area contributed by atoms with Crippen LogP contribution in [0.5, 0.6) is 5.88 Å². The van der Waals surface area contributed by atoms with Gasteiger partial charge < -0.3 is 9.64 Å². The lowest BCUT2D eigenvalue weighted by Crippen LogP contribution is -2.31. The lowest BCUT2D eigenvalue weighted by atomic mass is 10.1. The number of ether oxygens (including phenoxy) is 1. The summed E-state index contributed by atoms with van der Waals surface area (Å²) in [4.78, 5) is 18.3. The molecule has 1 atom stereocenters. The van der Waals surface area contributed by atoms with E-state index < -0.39 is 0 Å². The highest BCUT2D eigenvalue weighted by Gasteiger charge is 2.28. The first-order valence-electron chi connectivity index (χ1n) is 7.36. The molecule has 0 aliphatic carbocycles. The minimum absolute atomic E-state index is 0.0945. The van der Waals surface area contributed by atoms with Gasteiger partial charge >= 0.3 is 0 Å². The average Bonchev–Trinajstić information content (AvgIpc) is 3.00. The molecule has 1 aliphatic rings. The van der Waals surface area contributed by atoms with E-state index in [9.17, 15) is 9.18 Å². The number of carbonyl (C=O) groups is 1. The van der Waals surface area contributed by atoms with E-state index in [-0.39, 0.29) is 17.8 Å². The Morgan fingerprint density at radius 3 is 2.91 bits per heavy atom. The zero-order chi connectivity index (χ0) is 16.4. The summed E-state index contributed by atoms with van der Waals surface area (Å²) in [5.41, 5.74) is 0.904. The molecule has 2 heterocycles. The molecule has 1 fully saturated rings. The summed E-state index contributed by atoms with van der Waals surface area (Å²) in [7, 11) is 0. The molecule has 1 saturated heterocycles. The first kappa shape index (κ1) is 15.9. The molecular formula is C17H16BrFN2O2. The lowest BCUT2D eigenvalue weighted by Gasteiger charge is -2.17. The molecular weight excluding hydrogens is 363 g/mol. The molecule has 2 aromatic rings. The van der Waals surface area contributed by atoms with Crippen molar-refractivity contribution < 1.29 is 13.9 Å². The second kappa shape index (κ2) is 6.66. The Kier molecular flexibility index (Phi) is 4.61. The van der Waals surface area contributed by atoms with Gasteiger partial charge in [0.25, 0.3) is 5.91 Å². The Morgan fingerprint density at radius 2 is 2.22 bits per heavy atom. The molecule has 1 aromatic carbocycles. The number of aryl methyl sites for hydroxylation is 1. The van der Waals surface area contributed by atoms with E-state index in [1.54, 1.807) is 36.2 Å². The maximum atomic E-state index is 13.6. The SMILES string of the molecule is Cc1ccc(C(=O)N2CCC(Oc3ccc(Br)cn3)C2)cc1F. The highest BCUT2D eigenvalue weighted by molar-refractivity contribution is 9.10. The Labute approximate surface area is 142 Å². The molecule has 0 saturated carbocycles. The van der Waals surface area contributed by atoms with Crippen molar-refractivity contribution in [3.8, 4) is 5.88 Å². The van der Waals surface area contributed by atoms with Crippen LogP contribution in [0.25, 0.3) is 0 Å². The van der Waals surface area contributed by atoms with Gasteiger partial charge in [0.2, 0.25) is 5.88 Å². The number of pyridine rings is 1. The van der Waals surface area contributed by atoms with Gasteiger partial charge in [-0.1, -0.05) is 6.07 Å². The highest BCUT2D eigenvalue weighted by Crippen LogP contribution is 2.20. The van der Waals surface area contributed by atoms with E-state index in [0.29, 0.717) is 30.1 Å². The van der Waals surface area contributed by atoms with Crippen LogP contribution in [0.15, 0.2) is 41.0 Å². The van der Waals surface area contributed by atoms with Crippen LogP contribution in [0.1, 0.15) is 22.3 Å². The van der Waals surface area contributed by atoms with Crippen LogP contribution in [0.2, 0.25) is 0 Å². The summed E-state index contributed by atoms with van der Waals surface area (Å²) in [5.74, 6) is 0.00885. The summed E-state index contributed by atoms with van der Waals surface area (Å²) in [5, 5.41) is 0. The first-order chi connectivity index (χ1) is 11.0. The Bertz CT molecular complexity index is 721. The molecule has 1 unspecified atom stereocenters. The predicted octanol–water partition coefficient (Wildman–Crippen LogP) is 3.59. The maximum absolute atomic E-state index is 13.6. The predicted molar refractivity (Wildman–Crippen MR) is 88.0 cm³/mol. The summed E-state index contributed by atoms with van der Waals surface area (Å²) >= 11 is 3.32. The fraction of sp³-hybridized carbons (Fsp3) is 0.294. The van der Waals surface area contributed by atoms with Crippen molar-refractivity contribution in [1.29, 1.82) is 0 Å². The maximum Gasteiger partial charge on any atom is 0.254 e. The van der Waals surface area contributed by atoms with E-state index in [4.69, 9.17) is 4.74 Å². The van der Waals surface area contributed by atoms with E-state index in [0.717, 1.165) is 10.9 Å². The minimum Gasteiger partial charge on any atom is -0.472 e. The Balaban J connectivity index is 1.63. The third-order valence-corrected chi connectivity index (χ3v) is 4.31. The number of halogens is 2. The van der Waals surface area contributed by atoms with E-state index in [1.165, 1.54) is 6.07 Å². The fourth-order valence-corrected chi connectivity index (χ4v) is 2.75. The third kappa shape index (κ3) is 3.69. The van der Waals surface area contributed by atoms with Gasteiger partial charge in [-0.05, 0) is 46.6 Å². The van der Waals surface area contributed by atoms with Crippen molar-refractivity contribution in [1.82, 2.24) is 9.88 Å². The number of nitrogens with zero attached hydrogens (tertiary/aromatic N) is 2. The van der Waals surface area contributed by atoms with Crippen molar-refractivity contribution in [3.63, 3.8) is 0 Å². The Hall–Kier alpha value is -1.95. The first-order valence-corrected chi connectivity index (χ1v) is 8.16. The zero-order valence-corrected chi connectivity index (χ0v) is 14.2. The normalized spacial score (nSPS) is 17.3. The van der Waals surface area contributed by atoms with Gasteiger partial charge in [-0.3, -0.25) is 4.79 Å². The fourth-order valence-electron chi connectivity index (χ4n) is 2.52. The van der Waals surface area contributed by atoms with Crippen LogP contribution >= 0.6 is 15.9 Å². The van der Waals surface area contributed by atoms with E-state index in [2.05, 4.69) is 20.9 Å². The van der Waals surface area contributed by atoms with Crippen LogP contribution in [0.4, 0.5) is 4.39 Å². The molecule has 1 aliphatic heterocycles. The minimum atomic E-state index is -0.359. The van der Waals surface area contributed by atoms with E-state index in [1.807, 2.05) is 6.07 Å². The average molecular weight is 379 g/mol. The monoisotopic (exact) mass is 378 g/mol. The van der Waals surface area contributed by atoms with Crippen LogP contribution in [0, 0.1) is 12.7 Å². The molecule has 120 valence electrons. The van der Waals surface area contributed by atoms with Gasteiger partial charge in [-0.15, -0.1) is 0 Å². The van der Waals surface area contributed by atoms with Gasteiger partial charge in [0.05, 0.1) is 6.54 Å². The van der Waals surface area contributed by atoms with Gasteiger partial charge in [0.15, 0.2) is 0 Å². The molecule has 6 heteroatoms. The number of hydrogen-bond donors (Lipinski definition) is 0. The molecule has 1 amide bonds. The van der Waals surface area contributed by atoms with Crippen LogP contribution in [-0.2, 0) is 0 Å². The van der Waals surface area contributed by atoms with Crippen molar-refractivity contribution in [2.75, 3.05) is 13.1 Å². The van der Waals surface area contributed by atoms with Gasteiger partial charge in [-0.25, -0.2) is 9.37 Å². The summed E-state index contributed by atoms with van der Waals surface area (Å²) in [6, 6.07) is 8.21. The largest absolute Gasteiger partial charge is 0.472 e. The molecule has 23 heavy (non-hydrogen) atoms. The molecule has 0 N–H and O–H groups in total. The molecule has 1 aromatic heterocycles. The standard InChI is InChI=1S/C17H16BrFN2O2/c1-11-2-3-12(8-15(11)19)17(22)21-7-6-14(10-21)23-16-5-4-13(18)9-20-16/h2-5,8-9,14H,6-7,10H2,1H3. The van der Waals surface area contributed by atoms with Crippen molar-refractivity contribution in [2.24, 2.45) is 0 Å². The van der Waals surface area contributed by atoms with Crippen LogP contribution in [-0.4, -0.2) is 35.0 Å². The summed E-state index contributed by atoms with van der Waals surface area (Å²) < 4.78 is 20.3. The number of benzene rings is 1. The molecule has 4 nitrogen and oxygen atoms in total. The lowest BCUT2D eigenvalue weighted by molar-refractivity contribution is 0.0770. The third-order valence-electron chi connectivity index (χ3n) is 3.84. The number of carbonyl (C=O) groups excluding carboxylic acids is 1. The van der Waals surface area contributed by atoms with Crippen LogP contribution < -0.4 is 4.74 Å². The highest BCUT2D eigenvalue weighted by atomic mass is 79.9. The number of rotatable bonds is 3. The van der Waals surface area contributed by atoms with Crippen molar-refractivity contribution in [2.45, 2.75) is 19.4 Å². The molecule has 0 spiro atoms. The summed E-state index contributed by atoms with van der Waals surface area (Å²) in [6.07, 6.45) is 2.31. The molecule has 0 bridgehead atoms. The van der Waals surface area contributed by atoms with Gasteiger partial charge in [0, 0.05) is 35.3 Å². The number of hydrogen-bond acceptors (Lipinski definition) is 3. The van der Waals surface area contributed by atoms with Crippen molar-refractivity contribution in [3.05, 3.63) is 57.9 Å². The van der Waals surface area contributed by atoms with E-state index >= 15 is 0 Å². The number of likely N-dealkylation sites (tertiary alicyclic amines) is 1. The second-order valence-electron chi connectivity index (χ2n) is 5.56. The molecule has 0 radical (unpaired) electrons. The van der Waals surface area contributed by atoms with Gasteiger partial charge in [-0.2, -0.15) is 0 Å². The van der Waals surface area contributed by atoms with Crippen molar-refractivity contribution >= 4 is 21.8 Å². The topological polar surface area (TPSA) is 42.4 Å². The van der Waals surface area contributed by atoms with Gasteiger partial charge in [0.1, 0.15) is 11.9 Å². The van der Waals surface area contributed by atoms with Crippen LogP contribution in [0.3, 0.4) is 0 Å². The Morgan fingerprint density at radius 1 is 1.39 bits per heavy atom. The number of aromatic nitrogens is 1. The quantitative estimate of drug-likeness (QED) is 0.819. The zero-order valence-electron chi connectivity index (χ0n) is 12.6.